The van der Waals surface area contributed by atoms with Gasteiger partial charge in [-0.15, -0.1) is 11.3 Å². The molecule has 0 aliphatic carbocycles. The van der Waals surface area contributed by atoms with Crippen LogP contribution in [-0.4, -0.2) is 33.6 Å². The third kappa shape index (κ3) is 2.20. The molecule has 98 valence electrons. The number of fused-ring (bicyclic) bond motifs is 1. The summed E-state index contributed by atoms with van der Waals surface area (Å²) < 4.78 is 1.65. The summed E-state index contributed by atoms with van der Waals surface area (Å²) in [7, 11) is 0. The highest BCUT2D eigenvalue weighted by Gasteiger charge is 2.22. The summed E-state index contributed by atoms with van der Waals surface area (Å²) in [5, 5.41) is 11.2. The minimum absolute atomic E-state index is 0.268. The predicted molar refractivity (Wildman–Crippen MR) is 72.8 cm³/mol. The second kappa shape index (κ2) is 5.39. The molecule has 1 N–H and O–H groups in total. The van der Waals surface area contributed by atoms with Gasteiger partial charge in [-0.2, -0.15) is 0 Å². The van der Waals surface area contributed by atoms with Crippen LogP contribution in [0.3, 0.4) is 0 Å². The monoisotopic (exact) mass is 267 g/mol. The molecular weight excluding hydrogens is 250 g/mol. The first-order valence-corrected chi connectivity index (χ1v) is 7.00. The molecule has 0 aromatic carbocycles. The van der Waals surface area contributed by atoms with E-state index in [1.807, 2.05) is 17.2 Å². The van der Waals surface area contributed by atoms with Crippen molar-refractivity contribution in [1.29, 1.82) is 0 Å². The minimum atomic E-state index is -0.925. The van der Waals surface area contributed by atoms with Crippen molar-refractivity contribution < 1.29 is 9.90 Å². The first kappa shape index (κ1) is 12.9. The van der Waals surface area contributed by atoms with Crippen LogP contribution in [0.1, 0.15) is 37.2 Å². The summed E-state index contributed by atoms with van der Waals surface area (Å²) in [4.78, 5) is 18.6. The number of aromatic nitrogens is 2. The highest BCUT2D eigenvalue weighted by Crippen LogP contribution is 2.24. The van der Waals surface area contributed by atoms with Gasteiger partial charge >= 0.3 is 5.97 Å². The van der Waals surface area contributed by atoms with Gasteiger partial charge in [-0.1, -0.05) is 13.3 Å². The molecule has 0 unspecified atom stereocenters. The molecule has 0 aliphatic rings. The number of thiazole rings is 1. The van der Waals surface area contributed by atoms with Crippen molar-refractivity contribution in [1.82, 2.24) is 9.38 Å². The van der Waals surface area contributed by atoms with Crippen LogP contribution in [0.5, 0.6) is 0 Å². The number of aromatic carboxylic acids is 1. The summed E-state index contributed by atoms with van der Waals surface area (Å²) in [6, 6.07) is 0. The van der Waals surface area contributed by atoms with Crippen LogP contribution in [-0.2, 0) is 0 Å². The van der Waals surface area contributed by atoms with Gasteiger partial charge in [0, 0.05) is 24.7 Å². The zero-order chi connectivity index (χ0) is 13.1. The van der Waals surface area contributed by atoms with E-state index in [0.29, 0.717) is 5.82 Å². The van der Waals surface area contributed by atoms with Gasteiger partial charge in [0.25, 0.3) is 0 Å². The van der Waals surface area contributed by atoms with Crippen LogP contribution in [0.2, 0.25) is 0 Å². The van der Waals surface area contributed by atoms with Gasteiger partial charge in [-0.05, 0) is 13.3 Å². The summed E-state index contributed by atoms with van der Waals surface area (Å²) in [5.41, 5.74) is 0.268. The lowest BCUT2D eigenvalue weighted by molar-refractivity contribution is 0.0690. The van der Waals surface area contributed by atoms with Crippen LogP contribution in [0.4, 0.5) is 5.82 Å². The van der Waals surface area contributed by atoms with Crippen LogP contribution >= 0.6 is 11.3 Å². The SMILES string of the molecule is CCCCN(CC)c1nc2sccn2c1C(=O)O. The minimum Gasteiger partial charge on any atom is -0.476 e. The van der Waals surface area contributed by atoms with Crippen molar-refractivity contribution in [2.24, 2.45) is 0 Å². The van der Waals surface area contributed by atoms with Crippen LogP contribution in [0, 0.1) is 0 Å². The van der Waals surface area contributed by atoms with E-state index in [0.717, 1.165) is 30.9 Å². The van der Waals surface area contributed by atoms with Gasteiger partial charge in [0.05, 0.1) is 0 Å². The van der Waals surface area contributed by atoms with Gasteiger partial charge in [-0.3, -0.25) is 4.40 Å². The average molecular weight is 267 g/mol. The Morgan fingerprint density at radius 3 is 2.94 bits per heavy atom. The van der Waals surface area contributed by atoms with E-state index in [1.165, 1.54) is 11.3 Å². The molecule has 2 aromatic rings. The Hall–Kier alpha value is -1.56. The number of imidazole rings is 1. The Balaban J connectivity index is 2.44. The molecule has 0 aliphatic heterocycles. The van der Waals surface area contributed by atoms with Gasteiger partial charge in [-0.25, -0.2) is 9.78 Å². The number of carbonyl (C=O) groups is 1. The van der Waals surface area contributed by atoms with Crippen LogP contribution < -0.4 is 4.90 Å². The van der Waals surface area contributed by atoms with E-state index in [1.54, 1.807) is 10.6 Å². The number of carboxylic acid groups (broad SMARTS) is 1. The third-order valence-corrected chi connectivity index (χ3v) is 3.67. The van der Waals surface area contributed by atoms with Crippen molar-refractivity contribution in [2.75, 3.05) is 18.0 Å². The summed E-state index contributed by atoms with van der Waals surface area (Å²) in [5.74, 6) is -0.337. The maximum Gasteiger partial charge on any atom is 0.356 e. The van der Waals surface area contributed by atoms with Gasteiger partial charge < -0.3 is 10.0 Å². The Bertz CT molecular complexity index is 547. The maximum atomic E-state index is 11.4. The van der Waals surface area contributed by atoms with Crippen molar-refractivity contribution in [3.05, 3.63) is 17.3 Å². The molecule has 0 spiro atoms. The molecule has 0 radical (unpaired) electrons. The number of nitrogens with zero attached hydrogens (tertiary/aromatic N) is 3. The summed E-state index contributed by atoms with van der Waals surface area (Å²) in [6.45, 7) is 5.76. The molecular formula is C12H17N3O2S. The summed E-state index contributed by atoms with van der Waals surface area (Å²) >= 11 is 1.45. The quantitative estimate of drug-likeness (QED) is 0.874. The van der Waals surface area contributed by atoms with E-state index >= 15 is 0 Å². The molecule has 0 saturated heterocycles. The Labute approximate surface area is 110 Å². The summed E-state index contributed by atoms with van der Waals surface area (Å²) in [6.07, 6.45) is 3.88. The number of anilines is 1. The number of carboxylic acids is 1. The van der Waals surface area contributed by atoms with Crippen LogP contribution in [0.25, 0.3) is 4.96 Å². The van der Waals surface area contributed by atoms with Crippen molar-refractivity contribution in [3.63, 3.8) is 0 Å². The van der Waals surface area contributed by atoms with Crippen LogP contribution in [0.15, 0.2) is 11.6 Å². The fraction of sp³-hybridized carbons (Fsp3) is 0.500. The molecule has 2 heterocycles. The lowest BCUT2D eigenvalue weighted by Gasteiger charge is -2.20. The number of hydrogen-bond acceptors (Lipinski definition) is 4. The highest BCUT2D eigenvalue weighted by molar-refractivity contribution is 7.15. The molecule has 0 amide bonds. The molecule has 0 atom stereocenters. The zero-order valence-electron chi connectivity index (χ0n) is 10.6. The van der Waals surface area contributed by atoms with Crippen molar-refractivity contribution in [3.8, 4) is 0 Å². The Kier molecular flexibility index (Phi) is 3.86. The normalized spacial score (nSPS) is 11.0. The number of rotatable bonds is 6. The van der Waals surface area contributed by atoms with E-state index in [-0.39, 0.29) is 5.69 Å². The Morgan fingerprint density at radius 2 is 2.33 bits per heavy atom. The van der Waals surface area contributed by atoms with Crippen molar-refractivity contribution in [2.45, 2.75) is 26.7 Å². The lowest BCUT2D eigenvalue weighted by Crippen LogP contribution is -2.26. The highest BCUT2D eigenvalue weighted by atomic mass is 32.1. The van der Waals surface area contributed by atoms with Gasteiger partial charge in [0.15, 0.2) is 16.5 Å². The average Bonchev–Trinajstić information content (AvgIpc) is 2.89. The Morgan fingerprint density at radius 1 is 1.56 bits per heavy atom. The smallest absolute Gasteiger partial charge is 0.356 e. The maximum absolute atomic E-state index is 11.4. The molecule has 0 fully saturated rings. The number of hydrogen-bond donors (Lipinski definition) is 1. The fourth-order valence-electron chi connectivity index (χ4n) is 1.96. The fourth-order valence-corrected chi connectivity index (χ4v) is 2.67. The molecule has 2 rings (SSSR count). The standard InChI is InChI=1S/C12H17N3O2S/c1-3-5-6-14(4-2)10-9(11(16)17)15-7-8-18-12(15)13-10/h7-8H,3-6H2,1-2H3,(H,16,17). The molecule has 0 saturated carbocycles. The molecule has 6 heteroatoms. The van der Waals surface area contributed by atoms with E-state index in [2.05, 4.69) is 11.9 Å². The van der Waals surface area contributed by atoms with E-state index < -0.39 is 5.97 Å². The molecule has 5 nitrogen and oxygen atoms in total. The van der Waals surface area contributed by atoms with Crippen molar-refractivity contribution >= 4 is 28.1 Å². The largest absolute Gasteiger partial charge is 0.476 e. The van der Waals surface area contributed by atoms with E-state index in [9.17, 15) is 9.90 Å². The van der Waals surface area contributed by atoms with Gasteiger partial charge in [0.2, 0.25) is 0 Å². The van der Waals surface area contributed by atoms with E-state index in [4.69, 9.17) is 0 Å². The first-order valence-electron chi connectivity index (χ1n) is 6.12. The number of unbranched alkanes of at least 4 members (excludes halogenated alkanes) is 1. The lowest BCUT2D eigenvalue weighted by atomic mass is 10.3. The second-order valence-electron chi connectivity index (χ2n) is 4.08. The second-order valence-corrected chi connectivity index (χ2v) is 4.95. The predicted octanol–water partition coefficient (Wildman–Crippen LogP) is 2.72. The first-order chi connectivity index (χ1) is 8.69. The topological polar surface area (TPSA) is 57.8 Å². The molecule has 0 bridgehead atoms. The third-order valence-electron chi connectivity index (χ3n) is 2.91. The zero-order valence-corrected chi connectivity index (χ0v) is 11.4. The molecule has 18 heavy (non-hydrogen) atoms. The van der Waals surface area contributed by atoms with Gasteiger partial charge in [0.1, 0.15) is 0 Å². The molecule has 2 aromatic heterocycles.